The van der Waals surface area contributed by atoms with E-state index in [0.29, 0.717) is 24.6 Å². The number of carbonyl (C=O) groups excluding carboxylic acids is 1. The summed E-state index contributed by atoms with van der Waals surface area (Å²) in [6.45, 7) is 4.02. The fourth-order valence-corrected chi connectivity index (χ4v) is 2.37. The number of esters is 1. The molecule has 6 nitrogen and oxygen atoms in total. The molecular formula is C13H20N2O4. The van der Waals surface area contributed by atoms with E-state index in [1.807, 2.05) is 13.8 Å². The van der Waals surface area contributed by atoms with Crippen LogP contribution in [0.2, 0.25) is 0 Å². The molecule has 1 aromatic rings. The van der Waals surface area contributed by atoms with Crippen molar-refractivity contribution in [3.8, 4) is 0 Å². The Bertz CT molecular complexity index is 453. The average Bonchev–Trinajstić information content (AvgIpc) is 3.12. The number of methoxy groups -OCH3 is 2. The summed E-state index contributed by atoms with van der Waals surface area (Å²) in [5.41, 5.74) is -1.27. The summed E-state index contributed by atoms with van der Waals surface area (Å²) in [7, 11) is 3.01. The van der Waals surface area contributed by atoms with Crippen LogP contribution in [0.1, 0.15) is 51.2 Å². The maximum atomic E-state index is 11.8. The van der Waals surface area contributed by atoms with Crippen molar-refractivity contribution in [3.63, 3.8) is 0 Å². The van der Waals surface area contributed by atoms with Crippen molar-refractivity contribution in [2.75, 3.05) is 14.2 Å². The molecule has 0 atom stereocenters. The van der Waals surface area contributed by atoms with Gasteiger partial charge in [-0.3, -0.25) is 4.79 Å². The maximum absolute atomic E-state index is 11.8. The van der Waals surface area contributed by atoms with E-state index in [9.17, 15) is 4.79 Å². The molecule has 0 aliphatic heterocycles. The van der Waals surface area contributed by atoms with Crippen molar-refractivity contribution < 1.29 is 18.8 Å². The molecule has 0 aromatic carbocycles. The fourth-order valence-electron chi connectivity index (χ4n) is 2.37. The third kappa shape index (κ3) is 2.04. The molecule has 1 heterocycles. The quantitative estimate of drug-likeness (QED) is 0.734. The predicted molar refractivity (Wildman–Crippen MR) is 66.5 cm³/mol. The highest BCUT2D eigenvalue weighted by molar-refractivity contribution is 5.85. The van der Waals surface area contributed by atoms with Crippen LogP contribution in [0.15, 0.2) is 4.52 Å². The van der Waals surface area contributed by atoms with Gasteiger partial charge in [-0.05, 0) is 25.7 Å². The molecule has 0 bridgehead atoms. The first kappa shape index (κ1) is 14.0. The van der Waals surface area contributed by atoms with Crippen molar-refractivity contribution in [1.29, 1.82) is 0 Å². The zero-order chi connectivity index (χ0) is 14.1. The normalized spacial score (nSPS) is 17.3. The standard InChI is InChI=1S/C13H20N2O4/c1-5-13(6-2,18-4)9-14-10(19-15-9)12(7-8-12)11(16)17-3/h5-8H2,1-4H3. The highest BCUT2D eigenvalue weighted by Crippen LogP contribution is 2.48. The SMILES string of the molecule is CCC(CC)(OC)c1noc(C2(C(=O)OC)CC2)n1. The van der Waals surface area contributed by atoms with Crippen LogP contribution in [0.4, 0.5) is 0 Å². The highest BCUT2D eigenvalue weighted by atomic mass is 16.5. The molecule has 1 fully saturated rings. The summed E-state index contributed by atoms with van der Waals surface area (Å²) in [4.78, 5) is 16.2. The molecule has 1 saturated carbocycles. The van der Waals surface area contributed by atoms with Gasteiger partial charge >= 0.3 is 5.97 Å². The summed E-state index contributed by atoms with van der Waals surface area (Å²) in [6, 6.07) is 0. The molecule has 0 radical (unpaired) electrons. The number of carbonyl (C=O) groups is 1. The van der Waals surface area contributed by atoms with Gasteiger partial charge in [-0.25, -0.2) is 0 Å². The van der Waals surface area contributed by atoms with E-state index in [1.54, 1.807) is 7.11 Å². The second-order valence-corrected chi connectivity index (χ2v) is 4.90. The van der Waals surface area contributed by atoms with Crippen LogP contribution in [-0.2, 0) is 25.3 Å². The molecular weight excluding hydrogens is 248 g/mol. The molecule has 2 rings (SSSR count). The van der Waals surface area contributed by atoms with Gasteiger partial charge in [-0.1, -0.05) is 19.0 Å². The van der Waals surface area contributed by atoms with E-state index in [0.717, 1.165) is 12.8 Å². The topological polar surface area (TPSA) is 74.5 Å². The highest BCUT2D eigenvalue weighted by Gasteiger charge is 2.58. The van der Waals surface area contributed by atoms with Crippen LogP contribution in [0.25, 0.3) is 0 Å². The number of nitrogens with zero attached hydrogens (tertiary/aromatic N) is 2. The summed E-state index contributed by atoms with van der Waals surface area (Å²) in [5.74, 6) is 0.543. The Labute approximate surface area is 112 Å². The van der Waals surface area contributed by atoms with E-state index in [1.165, 1.54) is 7.11 Å². The lowest BCUT2D eigenvalue weighted by Gasteiger charge is -2.25. The summed E-state index contributed by atoms with van der Waals surface area (Å²) >= 11 is 0. The van der Waals surface area contributed by atoms with Gasteiger partial charge in [0.05, 0.1) is 7.11 Å². The third-order valence-electron chi connectivity index (χ3n) is 4.10. The minimum Gasteiger partial charge on any atom is -0.468 e. The monoisotopic (exact) mass is 268 g/mol. The van der Waals surface area contributed by atoms with E-state index >= 15 is 0 Å². The second kappa shape index (κ2) is 4.92. The molecule has 0 unspecified atom stereocenters. The number of hydrogen-bond acceptors (Lipinski definition) is 6. The van der Waals surface area contributed by atoms with Gasteiger partial charge in [0.25, 0.3) is 0 Å². The smallest absolute Gasteiger partial charge is 0.321 e. The van der Waals surface area contributed by atoms with Gasteiger partial charge in [0.15, 0.2) is 0 Å². The number of ether oxygens (including phenoxy) is 2. The average molecular weight is 268 g/mol. The lowest BCUT2D eigenvalue weighted by molar-refractivity contribution is -0.144. The van der Waals surface area contributed by atoms with Crippen molar-refractivity contribution in [1.82, 2.24) is 10.1 Å². The molecule has 19 heavy (non-hydrogen) atoms. The molecule has 106 valence electrons. The van der Waals surface area contributed by atoms with Gasteiger partial charge < -0.3 is 14.0 Å². The van der Waals surface area contributed by atoms with Gasteiger partial charge in [0.2, 0.25) is 11.7 Å². The first-order chi connectivity index (χ1) is 9.08. The molecule has 0 amide bonds. The van der Waals surface area contributed by atoms with Gasteiger partial charge in [0, 0.05) is 7.11 Å². The van der Waals surface area contributed by atoms with E-state index in [-0.39, 0.29) is 5.97 Å². The van der Waals surface area contributed by atoms with Crippen LogP contribution in [-0.4, -0.2) is 30.3 Å². The predicted octanol–water partition coefficient (Wildman–Crippen LogP) is 1.94. The molecule has 6 heteroatoms. The Morgan fingerprint density at radius 2 is 2.00 bits per heavy atom. The lowest BCUT2D eigenvalue weighted by Crippen LogP contribution is -2.29. The Hall–Kier alpha value is -1.43. The summed E-state index contributed by atoms with van der Waals surface area (Å²) < 4.78 is 15.6. The Balaban J connectivity index is 2.32. The van der Waals surface area contributed by atoms with Crippen molar-refractivity contribution in [2.45, 2.75) is 50.5 Å². The van der Waals surface area contributed by atoms with Crippen LogP contribution in [0.3, 0.4) is 0 Å². The van der Waals surface area contributed by atoms with E-state index in [4.69, 9.17) is 14.0 Å². The van der Waals surface area contributed by atoms with Crippen molar-refractivity contribution in [3.05, 3.63) is 11.7 Å². The van der Waals surface area contributed by atoms with E-state index < -0.39 is 11.0 Å². The largest absolute Gasteiger partial charge is 0.468 e. The van der Waals surface area contributed by atoms with Crippen LogP contribution < -0.4 is 0 Å². The summed E-state index contributed by atoms with van der Waals surface area (Å²) in [6.07, 6.45) is 2.87. The molecule has 0 saturated heterocycles. The second-order valence-electron chi connectivity index (χ2n) is 4.90. The molecule has 1 aromatic heterocycles. The first-order valence-corrected chi connectivity index (χ1v) is 6.56. The Morgan fingerprint density at radius 3 is 2.42 bits per heavy atom. The van der Waals surface area contributed by atoms with Crippen LogP contribution >= 0.6 is 0 Å². The zero-order valence-electron chi connectivity index (χ0n) is 11.9. The first-order valence-electron chi connectivity index (χ1n) is 6.56. The lowest BCUT2D eigenvalue weighted by atomic mass is 9.96. The molecule has 0 spiro atoms. The minimum atomic E-state index is -0.721. The summed E-state index contributed by atoms with van der Waals surface area (Å²) in [5, 5.41) is 4.01. The Morgan fingerprint density at radius 1 is 1.37 bits per heavy atom. The minimum absolute atomic E-state index is 0.307. The molecule has 1 aliphatic rings. The Kier molecular flexibility index (Phi) is 3.62. The molecule has 0 N–H and O–H groups in total. The van der Waals surface area contributed by atoms with Crippen molar-refractivity contribution in [2.24, 2.45) is 0 Å². The number of rotatable bonds is 6. The number of aromatic nitrogens is 2. The van der Waals surface area contributed by atoms with Gasteiger partial charge in [-0.2, -0.15) is 4.98 Å². The van der Waals surface area contributed by atoms with Crippen LogP contribution in [0.5, 0.6) is 0 Å². The third-order valence-corrected chi connectivity index (χ3v) is 4.10. The van der Waals surface area contributed by atoms with Crippen LogP contribution in [0, 0.1) is 0 Å². The molecule has 1 aliphatic carbocycles. The zero-order valence-corrected chi connectivity index (χ0v) is 11.9. The fraction of sp³-hybridized carbons (Fsp3) is 0.769. The van der Waals surface area contributed by atoms with E-state index in [2.05, 4.69) is 10.1 Å². The van der Waals surface area contributed by atoms with Gasteiger partial charge in [-0.15, -0.1) is 0 Å². The van der Waals surface area contributed by atoms with Gasteiger partial charge in [0.1, 0.15) is 11.0 Å². The number of hydrogen-bond donors (Lipinski definition) is 0. The van der Waals surface area contributed by atoms with Crippen molar-refractivity contribution >= 4 is 5.97 Å². The maximum Gasteiger partial charge on any atom is 0.321 e.